The Morgan fingerprint density at radius 1 is 1.21 bits per heavy atom. The highest BCUT2D eigenvalue weighted by Gasteiger charge is 2.46. The number of fused-ring (bicyclic) bond motifs is 1. The molecule has 1 atom stereocenters. The van der Waals surface area contributed by atoms with E-state index in [1.807, 2.05) is 0 Å². The van der Waals surface area contributed by atoms with Crippen molar-refractivity contribution in [2.45, 2.75) is 52.9 Å². The van der Waals surface area contributed by atoms with Crippen LogP contribution in [0.4, 0.5) is 0 Å². The molecule has 1 fully saturated rings. The summed E-state index contributed by atoms with van der Waals surface area (Å²) in [6, 6.07) is 0. The zero-order chi connectivity index (χ0) is 10.4. The lowest BCUT2D eigenvalue weighted by atomic mass is 9.56. The number of carbonyl (C=O) groups is 1. The molecule has 2 aliphatic carbocycles. The van der Waals surface area contributed by atoms with Gasteiger partial charge in [-0.1, -0.05) is 18.6 Å². The molecule has 0 N–H and O–H groups in total. The van der Waals surface area contributed by atoms with E-state index in [-0.39, 0.29) is 5.41 Å². The lowest BCUT2D eigenvalue weighted by Gasteiger charge is -2.47. The molecule has 2 rings (SSSR count). The number of ketones is 1. The van der Waals surface area contributed by atoms with Crippen molar-refractivity contribution >= 4 is 5.78 Å². The molecule has 1 nitrogen and oxygen atoms in total. The number of hydrogen-bond acceptors (Lipinski definition) is 1. The molecule has 1 saturated carbocycles. The Kier molecular flexibility index (Phi) is 2.09. The maximum atomic E-state index is 11.9. The fourth-order valence-electron chi connectivity index (χ4n) is 3.24. The maximum absolute atomic E-state index is 11.9. The second kappa shape index (κ2) is 2.95. The first-order valence-electron chi connectivity index (χ1n) is 5.71. The highest BCUT2D eigenvalue weighted by molar-refractivity contribution is 5.88. The molecule has 78 valence electrons. The average Bonchev–Trinajstić information content (AvgIpc) is 2.13. The fourth-order valence-corrected chi connectivity index (χ4v) is 3.24. The topological polar surface area (TPSA) is 17.1 Å². The summed E-state index contributed by atoms with van der Waals surface area (Å²) >= 11 is 0. The monoisotopic (exact) mass is 192 g/mol. The summed E-state index contributed by atoms with van der Waals surface area (Å²) in [5, 5.41) is 0. The van der Waals surface area contributed by atoms with E-state index < -0.39 is 0 Å². The molecule has 14 heavy (non-hydrogen) atoms. The van der Waals surface area contributed by atoms with Crippen molar-refractivity contribution in [1.29, 1.82) is 0 Å². The molecule has 0 aliphatic heterocycles. The average molecular weight is 192 g/mol. The van der Waals surface area contributed by atoms with Crippen molar-refractivity contribution < 1.29 is 4.79 Å². The van der Waals surface area contributed by atoms with E-state index in [0.29, 0.717) is 11.2 Å². The van der Waals surface area contributed by atoms with Crippen LogP contribution in [0.2, 0.25) is 0 Å². The lowest BCUT2D eigenvalue weighted by Crippen LogP contribution is -2.42. The Hall–Kier alpha value is -0.590. The molecule has 2 aliphatic rings. The van der Waals surface area contributed by atoms with Gasteiger partial charge >= 0.3 is 0 Å². The van der Waals surface area contributed by atoms with Crippen LogP contribution in [-0.2, 0) is 4.79 Å². The number of allylic oxidation sites excluding steroid dienone is 2. The Bertz CT molecular complexity index is 298. The van der Waals surface area contributed by atoms with E-state index in [2.05, 4.69) is 26.8 Å². The van der Waals surface area contributed by atoms with Crippen molar-refractivity contribution in [2.75, 3.05) is 0 Å². The normalized spacial score (nSPS) is 36.2. The minimum Gasteiger partial charge on any atom is -0.299 e. The van der Waals surface area contributed by atoms with Crippen LogP contribution in [0.3, 0.4) is 0 Å². The second-order valence-electron chi connectivity index (χ2n) is 5.62. The smallest absolute Gasteiger partial charge is 0.142 e. The largest absolute Gasteiger partial charge is 0.299 e. The van der Waals surface area contributed by atoms with E-state index in [0.717, 1.165) is 12.8 Å². The van der Waals surface area contributed by atoms with Gasteiger partial charge in [-0.3, -0.25) is 4.79 Å². The van der Waals surface area contributed by atoms with Crippen LogP contribution in [0.1, 0.15) is 52.9 Å². The van der Waals surface area contributed by atoms with Gasteiger partial charge in [0.15, 0.2) is 0 Å². The van der Waals surface area contributed by atoms with Gasteiger partial charge in [-0.05, 0) is 44.9 Å². The zero-order valence-electron chi connectivity index (χ0n) is 9.52. The highest BCUT2D eigenvalue weighted by atomic mass is 16.1. The Labute approximate surface area is 86.6 Å². The van der Waals surface area contributed by atoms with Crippen LogP contribution in [0.15, 0.2) is 11.6 Å². The Morgan fingerprint density at radius 2 is 1.93 bits per heavy atom. The number of rotatable bonds is 0. The van der Waals surface area contributed by atoms with E-state index in [4.69, 9.17) is 0 Å². The van der Waals surface area contributed by atoms with Gasteiger partial charge in [0.25, 0.3) is 0 Å². The van der Waals surface area contributed by atoms with Crippen LogP contribution in [-0.4, -0.2) is 5.78 Å². The van der Waals surface area contributed by atoms with E-state index in [9.17, 15) is 4.79 Å². The van der Waals surface area contributed by atoms with E-state index in [1.165, 1.54) is 24.8 Å². The molecule has 1 heteroatoms. The molecule has 0 radical (unpaired) electrons. The SMILES string of the molecule is CC1(C)C(=O)CC[C@]2(C)CCCC=C12. The van der Waals surface area contributed by atoms with Gasteiger partial charge in [0.05, 0.1) is 0 Å². The summed E-state index contributed by atoms with van der Waals surface area (Å²) in [4.78, 5) is 11.9. The molecule has 0 aromatic heterocycles. The summed E-state index contributed by atoms with van der Waals surface area (Å²) in [7, 11) is 0. The van der Waals surface area contributed by atoms with Crippen molar-refractivity contribution in [3.63, 3.8) is 0 Å². The second-order valence-corrected chi connectivity index (χ2v) is 5.62. The van der Waals surface area contributed by atoms with Gasteiger partial charge < -0.3 is 0 Å². The molecular formula is C13H20O. The molecule has 0 amide bonds. The quantitative estimate of drug-likeness (QED) is 0.537. The van der Waals surface area contributed by atoms with Gasteiger partial charge in [-0.15, -0.1) is 0 Å². The van der Waals surface area contributed by atoms with Gasteiger partial charge in [-0.2, -0.15) is 0 Å². The van der Waals surface area contributed by atoms with Crippen LogP contribution >= 0.6 is 0 Å². The minimum atomic E-state index is -0.187. The van der Waals surface area contributed by atoms with E-state index >= 15 is 0 Å². The Morgan fingerprint density at radius 3 is 2.64 bits per heavy atom. The summed E-state index contributed by atoms with van der Waals surface area (Å²) in [6.45, 7) is 6.54. The third-order valence-corrected chi connectivity index (χ3v) is 4.21. The summed E-state index contributed by atoms with van der Waals surface area (Å²) in [5.74, 6) is 0.433. The van der Waals surface area contributed by atoms with Gasteiger partial charge in [-0.25, -0.2) is 0 Å². The number of carbonyl (C=O) groups excluding carboxylic acids is 1. The molecule has 0 aromatic carbocycles. The van der Waals surface area contributed by atoms with Crippen molar-refractivity contribution in [2.24, 2.45) is 10.8 Å². The van der Waals surface area contributed by atoms with Gasteiger partial charge in [0, 0.05) is 11.8 Å². The van der Waals surface area contributed by atoms with Gasteiger partial charge in [0.1, 0.15) is 5.78 Å². The first-order valence-corrected chi connectivity index (χ1v) is 5.71. The summed E-state index contributed by atoms with van der Waals surface area (Å²) in [6.07, 6.45) is 7.92. The Balaban J connectivity index is 2.44. The van der Waals surface area contributed by atoms with Gasteiger partial charge in [0.2, 0.25) is 0 Å². The first kappa shape index (κ1) is 9.95. The zero-order valence-corrected chi connectivity index (χ0v) is 9.52. The molecule has 0 heterocycles. The predicted octanol–water partition coefficient (Wildman–Crippen LogP) is 3.49. The van der Waals surface area contributed by atoms with Crippen molar-refractivity contribution in [3.05, 3.63) is 11.6 Å². The third-order valence-electron chi connectivity index (χ3n) is 4.21. The minimum absolute atomic E-state index is 0.187. The molecule has 0 saturated heterocycles. The highest BCUT2D eigenvalue weighted by Crippen LogP contribution is 2.53. The van der Waals surface area contributed by atoms with Crippen LogP contribution < -0.4 is 0 Å². The summed E-state index contributed by atoms with van der Waals surface area (Å²) < 4.78 is 0. The molecule has 0 unspecified atom stereocenters. The van der Waals surface area contributed by atoms with E-state index in [1.54, 1.807) is 0 Å². The molecule has 0 spiro atoms. The fraction of sp³-hybridized carbons (Fsp3) is 0.769. The van der Waals surface area contributed by atoms with Crippen molar-refractivity contribution in [3.8, 4) is 0 Å². The standard InChI is InChI=1S/C13H20O/c1-12(2)10-6-4-5-8-13(10,3)9-7-11(12)14/h6H,4-5,7-9H2,1-3H3/t13-/m0/s1. The lowest BCUT2D eigenvalue weighted by molar-refractivity contribution is -0.128. The number of Topliss-reactive ketones (excluding diaryl/α,β-unsaturated/α-hetero) is 1. The van der Waals surface area contributed by atoms with Crippen LogP contribution in [0, 0.1) is 10.8 Å². The summed E-state index contributed by atoms with van der Waals surface area (Å²) in [5.41, 5.74) is 1.57. The van der Waals surface area contributed by atoms with Crippen LogP contribution in [0.5, 0.6) is 0 Å². The predicted molar refractivity (Wildman–Crippen MR) is 58.1 cm³/mol. The molecular weight excluding hydrogens is 172 g/mol. The third kappa shape index (κ3) is 1.25. The number of hydrogen-bond donors (Lipinski definition) is 0. The first-order chi connectivity index (χ1) is 6.47. The maximum Gasteiger partial charge on any atom is 0.142 e. The molecule has 0 bridgehead atoms. The van der Waals surface area contributed by atoms with Crippen molar-refractivity contribution in [1.82, 2.24) is 0 Å². The molecule has 0 aromatic rings. The van der Waals surface area contributed by atoms with Crippen LogP contribution in [0.25, 0.3) is 0 Å².